The van der Waals surface area contributed by atoms with Crippen molar-refractivity contribution in [1.29, 1.82) is 0 Å². The van der Waals surface area contributed by atoms with Crippen molar-refractivity contribution in [2.24, 2.45) is 0 Å². The number of hydrogen-bond donors (Lipinski definition) is 0. The van der Waals surface area contributed by atoms with Crippen LogP contribution in [0.5, 0.6) is 0 Å². The van der Waals surface area contributed by atoms with E-state index < -0.39 is 0 Å². The molecule has 0 aliphatic heterocycles. The molecular weight excluding hydrogens is 222 g/mol. The summed E-state index contributed by atoms with van der Waals surface area (Å²) in [4.78, 5) is 3.61. The van der Waals surface area contributed by atoms with Crippen molar-refractivity contribution in [3.63, 3.8) is 0 Å². The zero-order valence-electron chi connectivity index (χ0n) is 9.48. The van der Waals surface area contributed by atoms with E-state index in [1.807, 2.05) is 23.5 Å². The van der Waals surface area contributed by atoms with Crippen molar-refractivity contribution < 1.29 is 0 Å². The molecule has 1 nitrogen and oxygen atoms in total. The molecule has 0 spiro atoms. The van der Waals surface area contributed by atoms with Crippen molar-refractivity contribution >= 4 is 23.5 Å². The maximum absolute atomic E-state index is 2.23. The molecule has 0 bridgehead atoms. The second-order valence-electron chi connectivity index (χ2n) is 3.58. The van der Waals surface area contributed by atoms with Gasteiger partial charge in [-0.05, 0) is 26.2 Å². The fourth-order valence-electron chi connectivity index (χ4n) is 1.08. The molecule has 0 atom stereocenters. The molecule has 84 valence electrons. The van der Waals surface area contributed by atoms with E-state index in [-0.39, 0.29) is 0 Å². The number of hydrogen-bond acceptors (Lipinski definition) is 3. The summed E-state index contributed by atoms with van der Waals surface area (Å²) >= 11 is 3.98. The maximum atomic E-state index is 2.23. The van der Waals surface area contributed by atoms with Crippen LogP contribution in [-0.4, -0.2) is 42.8 Å². The van der Waals surface area contributed by atoms with Crippen LogP contribution in [0, 0.1) is 0 Å². The Morgan fingerprint density at radius 2 is 1.73 bits per heavy atom. The highest BCUT2D eigenvalue weighted by Crippen LogP contribution is 2.18. The topological polar surface area (TPSA) is 3.24 Å². The van der Waals surface area contributed by atoms with Gasteiger partial charge in [-0.2, -0.15) is 11.8 Å². The van der Waals surface area contributed by atoms with Gasteiger partial charge in [0.1, 0.15) is 0 Å². The molecule has 0 unspecified atom stereocenters. The van der Waals surface area contributed by atoms with Crippen LogP contribution < -0.4 is 0 Å². The first-order valence-corrected chi connectivity index (χ1v) is 7.33. The van der Waals surface area contributed by atoms with Crippen LogP contribution >= 0.6 is 23.5 Å². The molecule has 0 saturated carbocycles. The first-order valence-electron chi connectivity index (χ1n) is 5.19. The number of benzene rings is 1. The van der Waals surface area contributed by atoms with E-state index >= 15 is 0 Å². The van der Waals surface area contributed by atoms with Crippen molar-refractivity contribution in [3.8, 4) is 0 Å². The van der Waals surface area contributed by atoms with Gasteiger partial charge in [-0.25, -0.2) is 0 Å². The highest BCUT2D eigenvalue weighted by molar-refractivity contribution is 8.02. The van der Waals surface area contributed by atoms with Gasteiger partial charge in [-0.1, -0.05) is 18.2 Å². The number of rotatable bonds is 7. The summed E-state index contributed by atoms with van der Waals surface area (Å²) in [7, 11) is 4.25. The lowest BCUT2D eigenvalue weighted by molar-refractivity contribution is 0.437. The van der Waals surface area contributed by atoms with Gasteiger partial charge in [0.15, 0.2) is 0 Å². The van der Waals surface area contributed by atoms with Crippen LogP contribution in [0.2, 0.25) is 0 Å². The lowest BCUT2D eigenvalue weighted by atomic mass is 10.4. The Morgan fingerprint density at radius 3 is 2.40 bits per heavy atom. The highest BCUT2D eigenvalue weighted by atomic mass is 32.2. The van der Waals surface area contributed by atoms with Crippen molar-refractivity contribution in [2.75, 3.05) is 37.9 Å². The maximum Gasteiger partial charge on any atom is 0.00722 e. The molecule has 0 aromatic heterocycles. The van der Waals surface area contributed by atoms with Crippen LogP contribution in [0.15, 0.2) is 35.2 Å². The zero-order chi connectivity index (χ0) is 10.9. The molecule has 0 aliphatic rings. The van der Waals surface area contributed by atoms with E-state index in [1.54, 1.807) is 0 Å². The van der Waals surface area contributed by atoms with E-state index in [0.29, 0.717) is 0 Å². The molecule has 1 aromatic rings. The Morgan fingerprint density at radius 1 is 1.00 bits per heavy atom. The van der Waals surface area contributed by atoms with Crippen LogP contribution in [0.3, 0.4) is 0 Å². The third-order valence-electron chi connectivity index (χ3n) is 1.92. The minimum absolute atomic E-state index is 1.18. The fraction of sp³-hybridized carbons (Fsp3) is 0.500. The molecular formula is C12H19NS2. The molecule has 3 heteroatoms. The number of thioether (sulfide) groups is 2. The molecule has 0 radical (unpaired) electrons. The van der Waals surface area contributed by atoms with Gasteiger partial charge >= 0.3 is 0 Å². The zero-order valence-corrected chi connectivity index (χ0v) is 11.1. The average Bonchev–Trinajstić information content (AvgIpc) is 2.24. The first-order chi connectivity index (χ1) is 7.29. The van der Waals surface area contributed by atoms with E-state index in [0.717, 1.165) is 0 Å². The van der Waals surface area contributed by atoms with Gasteiger partial charge in [0.25, 0.3) is 0 Å². The van der Waals surface area contributed by atoms with Crippen molar-refractivity contribution in [3.05, 3.63) is 30.3 Å². The summed E-state index contributed by atoms with van der Waals surface area (Å²) in [5.41, 5.74) is 0. The quantitative estimate of drug-likeness (QED) is 0.533. The predicted octanol–water partition coefficient (Wildman–Crippen LogP) is 3.07. The molecule has 0 aliphatic carbocycles. The molecule has 15 heavy (non-hydrogen) atoms. The number of nitrogens with zero attached hydrogens (tertiary/aromatic N) is 1. The molecule has 0 heterocycles. The SMILES string of the molecule is CN(C)CCSCCSc1ccccc1. The Kier molecular flexibility index (Phi) is 6.98. The molecule has 0 fully saturated rings. The Balaban J connectivity index is 1.98. The molecule has 0 saturated heterocycles. The van der Waals surface area contributed by atoms with Gasteiger partial charge in [-0.3, -0.25) is 0 Å². The van der Waals surface area contributed by atoms with Gasteiger partial charge in [0, 0.05) is 28.7 Å². The summed E-state index contributed by atoms with van der Waals surface area (Å²) in [5.74, 6) is 3.69. The lowest BCUT2D eigenvalue weighted by Gasteiger charge is -2.08. The Hall–Kier alpha value is -0.120. The minimum Gasteiger partial charge on any atom is -0.309 e. The fourth-order valence-corrected chi connectivity index (χ4v) is 3.17. The normalized spacial score (nSPS) is 10.9. The van der Waals surface area contributed by atoms with E-state index in [2.05, 4.69) is 49.3 Å². The summed E-state index contributed by atoms with van der Waals surface area (Å²) in [6, 6.07) is 10.6. The van der Waals surface area contributed by atoms with Crippen molar-refractivity contribution in [1.82, 2.24) is 4.90 Å². The van der Waals surface area contributed by atoms with Crippen LogP contribution in [0.1, 0.15) is 0 Å². The Bertz CT molecular complexity index is 249. The largest absolute Gasteiger partial charge is 0.309 e. The van der Waals surface area contributed by atoms with E-state index in [4.69, 9.17) is 0 Å². The van der Waals surface area contributed by atoms with Crippen LogP contribution in [-0.2, 0) is 0 Å². The summed E-state index contributed by atoms with van der Waals surface area (Å²) in [6.45, 7) is 1.18. The summed E-state index contributed by atoms with van der Waals surface area (Å²) < 4.78 is 0. The molecule has 0 N–H and O–H groups in total. The molecule has 1 aromatic carbocycles. The van der Waals surface area contributed by atoms with Gasteiger partial charge in [-0.15, -0.1) is 11.8 Å². The lowest BCUT2D eigenvalue weighted by Crippen LogP contribution is -2.15. The smallest absolute Gasteiger partial charge is 0.00722 e. The Labute approximate surface area is 102 Å². The van der Waals surface area contributed by atoms with Gasteiger partial charge in [0.2, 0.25) is 0 Å². The third kappa shape index (κ3) is 6.88. The monoisotopic (exact) mass is 241 g/mol. The van der Waals surface area contributed by atoms with E-state index in [1.165, 1.54) is 28.7 Å². The average molecular weight is 241 g/mol. The van der Waals surface area contributed by atoms with Crippen LogP contribution in [0.4, 0.5) is 0 Å². The standard InChI is InChI=1S/C12H19NS2/c1-13(2)8-9-14-10-11-15-12-6-4-3-5-7-12/h3-7H,8-11H2,1-2H3. The second-order valence-corrected chi connectivity index (χ2v) is 5.97. The minimum atomic E-state index is 1.18. The summed E-state index contributed by atoms with van der Waals surface area (Å²) in [6.07, 6.45) is 0. The molecule has 0 amide bonds. The third-order valence-corrected chi connectivity index (χ3v) is 4.16. The van der Waals surface area contributed by atoms with E-state index in [9.17, 15) is 0 Å². The summed E-state index contributed by atoms with van der Waals surface area (Å²) in [5, 5.41) is 0. The van der Waals surface area contributed by atoms with Gasteiger partial charge < -0.3 is 4.90 Å². The highest BCUT2D eigenvalue weighted by Gasteiger charge is 1.94. The predicted molar refractivity (Wildman–Crippen MR) is 73.0 cm³/mol. The first kappa shape index (κ1) is 12.9. The molecule has 1 rings (SSSR count). The van der Waals surface area contributed by atoms with Gasteiger partial charge in [0.05, 0.1) is 0 Å². The second kappa shape index (κ2) is 8.08. The van der Waals surface area contributed by atoms with Crippen LogP contribution in [0.25, 0.3) is 0 Å². The van der Waals surface area contributed by atoms with Crippen molar-refractivity contribution in [2.45, 2.75) is 4.90 Å².